The average Bonchev–Trinajstić information content (AvgIpc) is 3.21. The van der Waals surface area contributed by atoms with Gasteiger partial charge < -0.3 is 14.4 Å². The zero-order valence-corrected chi connectivity index (χ0v) is 14.9. The molecule has 2 atom stereocenters. The van der Waals surface area contributed by atoms with Crippen LogP contribution in [0.25, 0.3) is 0 Å². The lowest BCUT2D eigenvalue weighted by molar-refractivity contribution is -0.133. The number of nitrogens with zero attached hydrogens (tertiary/aromatic N) is 2. The number of hydrogen-bond donors (Lipinski definition) is 0. The molecule has 2 aromatic rings. The number of aromatic nitrogens is 1. The van der Waals surface area contributed by atoms with E-state index in [2.05, 4.69) is 4.98 Å². The van der Waals surface area contributed by atoms with Crippen molar-refractivity contribution in [2.24, 2.45) is 5.41 Å². The van der Waals surface area contributed by atoms with Crippen molar-refractivity contribution in [3.63, 3.8) is 0 Å². The quantitative estimate of drug-likeness (QED) is 0.842. The molecular weight excluding hydrogens is 336 g/mol. The summed E-state index contributed by atoms with van der Waals surface area (Å²) in [4.78, 5) is 19.0. The van der Waals surface area contributed by atoms with Crippen molar-refractivity contribution in [3.05, 3.63) is 46.8 Å². The highest BCUT2D eigenvalue weighted by Gasteiger charge is 2.47. The molecule has 0 saturated carbocycles. The summed E-state index contributed by atoms with van der Waals surface area (Å²) in [7, 11) is 0. The molecule has 0 unspecified atom stereocenters. The highest BCUT2D eigenvalue weighted by atomic mass is 32.1. The summed E-state index contributed by atoms with van der Waals surface area (Å²) in [6.07, 6.45) is 4.76. The van der Waals surface area contributed by atoms with E-state index in [1.807, 2.05) is 39.9 Å². The van der Waals surface area contributed by atoms with Crippen molar-refractivity contribution in [1.29, 1.82) is 0 Å². The van der Waals surface area contributed by atoms with Gasteiger partial charge in [-0.15, -0.1) is 0 Å². The number of carbonyl (C=O) groups is 1. The predicted molar refractivity (Wildman–Crippen MR) is 96.0 cm³/mol. The maximum atomic E-state index is 12.8. The van der Waals surface area contributed by atoms with Crippen molar-refractivity contribution in [2.75, 3.05) is 26.3 Å². The summed E-state index contributed by atoms with van der Waals surface area (Å²) in [6, 6.07) is 7.56. The standard InChI is InChI=1S/C19H22N2O3S/c22-18(15-6-11-25-12-15)21-9-5-16-19(13-21,7-3-10-23-16)14-24-17-4-1-2-8-20-17/h1-2,4,6,8,11-12,16H,3,5,7,9-10,13-14H2/t16-,19-/m1/s1. The summed E-state index contributed by atoms with van der Waals surface area (Å²) in [5, 5.41) is 3.87. The summed E-state index contributed by atoms with van der Waals surface area (Å²) >= 11 is 1.56. The molecule has 132 valence electrons. The molecular formula is C19H22N2O3S. The minimum Gasteiger partial charge on any atom is -0.477 e. The molecule has 2 saturated heterocycles. The Bertz CT molecular complexity index is 707. The van der Waals surface area contributed by atoms with Gasteiger partial charge in [-0.1, -0.05) is 6.07 Å². The van der Waals surface area contributed by atoms with Gasteiger partial charge in [-0.3, -0.25) is 4.79 Å². The van der Waals surface area contributed by atoms with Crippen molar-refractivity contribution >= 4 is 17.2 Å². The van der Waals surface area contributed by atoms with Gasteiger partial charge >= 0.3 is 0 Å². The highest BCUT2D eigenvalue weighted by Crippen LogP contribution is 2.41. The number of pyridine rings is 1. The smallest absolute Gasteiger partial charge is 0.254 e. The number of ether oxygens (including phenoxy) is 2. The number of hydrogen-bond acceptors (Lipinski definition) is 5. The lowest BCUT2D eigenvalue weighted by Crippen LogP contribution is -2.58. The first kappa shape index (κ1) is 16.5. The van der Waals surface area contributed by atoms with E-state index in [-0.39, 0.29) is 17.4 Å². The minimum absolute atomic E-state index is 0.113. The average molecular weight is 358 g/mol. The number of carbonyl (C=O) groups excluding carboxylic acids is 1. The maximum Gasteiger partial charge on any atom is 0.254 e. The van der Waals surface area contributed by atoms with E-state index in [0.29, 0.717) is 19.0 Å². The van der Waals surface area contributed by atoms with Crippen LogP contribution in [0.4, 0.5) is 0 Å². The number of thiophene rings is 1. The fourth-order valence-electron chi connectivity index (χ4n) is 3.89. The fraction of sp³-hybridized carbons (Fsp3) is 0.474. The first-order valence-electron chi connectivity index (χ1n) is 8.74. The molecule has 2 aliphatic heterocycles. The van der Waals surface area contributed by atoms with Gasteiger partial charge in [0.1, 0.15) is 0 Å². The van der Waals surface area contributed by atoms with E-state index in [4.69, 9.17) is 9.47 Å². The van der Waals surface area contributed by atoms with Gasteiger partial charge in [0, 0.05) is 42.8 Å². The molecule has 5 nitrogen and oxygen atoms in total. The van der Waals surface area contributed by atoms with Crippen molar-refractivity contribution < 1.29 is 14.3 Å². The molecule has 0 bridgehead atoms. The van der Waals surface area contributed by atoms with E-state index in [1.165, 1.54) is 0 Å². The number of fused-ring (bicyclic) bond motifs is 1. The van der Waals surface area contributed by atoms with Crippen LogP contribution in [-0.2, 0) is 4.74 Å². The van der Waals surface area contributed by atoms with Gasteiger partial charge in [0.25, 0.3) is 5.91 Å². The van der Waals surface area contributed by atoms with Crippen LogP contribution < -0.4 is 4.74 Å². The largest absolute Gasteiger partial charge is 0.477 e. The van der Waals surface area contributed by atoms with Gasteiger partial charge in [0.15, 0.2) is 0 Å². The number of amides is 1. The van der Waals surface area contributed by atoms with Crippen LogP contribution in [0.5, 0.6) is 5.88 Å². The van der Waals surface area contributed by atoms with Gasteiger partial charge in [-0.2, -0.15) is 11.3 Å². The molecule has 1 amide bonds. The predicted octanol–water partition coefficient (Wildman–Crippen LogP) is 3.23. The van der Waals surface area contributed by atoms with Gasteiger partial charge in [0.2, 0.25) is 5.88 Å². The third-order valence-corrected chi connectivity index (χ3v) is 5.87. The Morgan fingerprint density at radius 1 is 1.44 bits per heavy atom. The molecule has 2 aromatic heterocycles. The number of likely N-dealkylation sites (tertiary alicyclic amines) is 1. The van der Waals surface area contributed by atoms with Crippen LogP contribution >= 0.6 is 11.3 Å². The van der Waals surface area contributed by atoms with Crippen LogP contribution in [0.2, 0.25) is 0 Å². The monoisotopic (exact) mass is 358 g/mol. The Hall–Kier alpha value is -1.92. The van der Waals surface area contributed by atoms with E-state index in [1.54, 1.807) is 17.5 Å². The van der Waals surface area contributed by atoms with Crippen LogP contribution in [0.1, 0.15) is 29.6 Å². The van der Waals surface area contributed by atoms with Crippen LogP contribution in [-0.4, -0.2) is 48.2 Å². The van der Waals surface area contributed by atoms with E-state index < -0.39 is 0 Å². The Morgan fingerprint density at radius 3 is 3.20 bits per heavy atom. The molecule has 25 heavy (non-hydrogen) atoms. The van der Waals surface area contributed by atoms with Gasteiger partial charge in [0.05, 0.1) is 18.3 Å². The van der Waals surface area contributed by atoms with Crippen LogP contribution in [0, 0.1) is 5.41 Å². The molecule has 0 spiro atoms. The SMILES string of the molecule is O=C(c1ccsc1)N1CC[C@H]2OCCC[C@]2(COc2ccccn2)C1. The maximum absolute atomic E-state index is 12.8. The normalized spacial score (nSPS) is 26.1. The first-order valence-corrected chi connectivity index (χ1v) is 9.68. The fourth-order valence-corrected chi connectivity index (χ4v) is 4.52. The lowest BCUT2D eigenvalue weighted by atomic mass is 9.73. The Balaban J connectivity index is 1.51. The molecule has 0 N–H and O–H groups in total. The van der Waals surface area contributed by atoms with Gasteiger partial charge in [-0.25, -0.2) is 4.98 Å². The van der Waals surface area contributed by atoms with Crippen LogP contribution in [0.15, 0.2) is 41.2 Å². The summed E-state index contributed by atoms with van der Waals surface area (Å²) in [6.45, 7) is 2.75. The Labute approximate surface area is 151 Å². The molecule has 0 aliphatic carbocycles. The minimum atomic E-state index is -0.153. The highest BCUT2D eigenvalue weighted by molar-refractivity contribution is 7.08. The number of rotatable bonds is 4. The zero-order valence-electron chi connectivity index (χ0n) is 14.1. The van der Waals surface area contributed by atoms with Crippen LogP contribution in [0.3, 0.4) is 0 Å². The molecule has 4 rings (SSSR count). The van der Waals surface area contributed by atoms with E-state index in [0.717, 1.165) is 38.0 Å². The topological polar surface area (TPSA) is 51.7 Å². The third-order valence-electron chi connectivity index (χ3n) is 5.19. The third kappa shape index (κ3) is 3.41. The zero-order chi connectivity index (χ0) is 17.1. The van der Waals surface area contributed by atoms with Crippen molar-refractivity contribution in [2.45, 2.75) is 25.4 Å². The molecule has 0 aromatic carbocycles. The summed E-state index contributed by atoms with van der Waals surface area (Å²) < 4.78 is 12.1. The lowest BCUT2D eigenvalue weighted by Gasteiger charge is -2.50. The van der Waals surface area contributed by atoms with Gasteiger partial charge in [-0.05, 0) is 36.8 Å². The molecule has 2 aliphatic rings. The van der Waals surface area contributed by atoms with Crippen molar-refractivity contribution in [1.82, 2.24) is 9.88 Å². The summed E-state index contributed by atoms with van der Waals surface area (Å²) in [5.41, 5.74) is 0.626. The molecule has 6 heteroatoms. The van der Waals surface area contributed by atoms with Crippen molar-refractivity contribution in [3.8, 4) is 5.88 Å². The first-order chi connectivity index (χ1) is 12.3. The number of piperidine rings is 1. The van der Waals surface area contributed by atoms with E-state index >= 15 is 0 Å². The Kier molecular flexibility index (Phi) is 4.72. The summed E-state index contributed by atoms with van der Waals surface area (Å²) in [5.74, 6) is 0.741. The second-order valence-corrected chi connectivity index (χ2v) is 7.59. The molecule has 4 heterocycles. The second kappa shape index (κ2) is 7.14. The molecule has 0 radical (unpaired) electrons. The van der Waals surface area contributed by atoms with E-state index in [9.17, 15) is 4.79 Å². The molecule has 2 fully saturated rings. The second-order valence-electron chi connectivity index (χ2n) is 6.81. The Morgan fingerprint density at radius 2 is 2.40 bits per heavy atom.